The van der Waals surface area contributed by atoms with Crippen LogP contribution < -0.4 is 0 Å². The van der Waals surface area contributed by atoms with E-state index in [2.05, 4.69) is 0 Å². The van der Waals surface area contributed by atoms with Crippen molar-refractivity contribution in [3.63, 3.8) is 0 Å². The lowest BCUT2D eigenvalue weighted by Gasteiger charge is -2.32. The summed E-state index contributed by atoms with van der Waals surface area (Å²) in [5, 5.41) is 0. The summed E-state index contributed by atoms with van der Waals surface area (Å²) >= 11 is 0. The lowest BCUT2D eigenvalue weighted by Crippen LogP contribution is -2.42. The maximum atomic E-state index is 13.4. The van der Waals surface area contributed by atoms with Gasteiger partial charge < -0.3 is 4.90 Å². The Bertz CT molecular complexity index is 1010. The van der Waals surface area contributed by atoms with Crippen LogP contribution in [0.1, 0.15) is 47.7 Å². The molecule has 29 heavy (non-hydrogen) atoms. The molecule has 1 saturated heterocycles. The predicted octanol–water partition coefficient (Wildman–Crippen LogP) is 3.97. The first-order valence-electron chi connectivity index (χ1n) is 9.82. The number of sulfonamides is 1. The lowest BCUT2D eigenvalue weighted by atomic mass is 10.1. The summed E-state index contributed by atoms with van der Waals surface area (Å²) in [7, 11) is -2.04. The van der Waals surface area contributed by atoms with Gasteiger partial charge in [0.1, 0.15) is 5.82 Å². The van der Waals surface area contributed by atoms with E-state index in [0.29, 0.717) is 23.2 Å². The number of rotatable bonds is 5. The van der Waals surface area contributed by atoms with Crippen molar-refractivity contribution in [1.82, 2.24) is 9.21 Å². The first-order valence-corrected chi connectivity index (χ1v) is 11.3. The first kappa shape index (κ1) is 21.5. The van der Waals surface area contributed by atoms with Crippen LogP contribution in [0.4, 0.5) is 4.39 Å². The monoisotopic (exact) mass is 418 g/mol. The highest BCUT2D eigenvalue weighted by molar-refractivity contribution is 7.89. The van der Waals surface area contributed by atoms with Gasteiger partial charge in [0.05, 0.1) is 4.90 Å². The molecule has 1 fully saturated rings. The van der Waals surface area contributed by atoms with Gasteiger partial charge in [-0.2, -0.15) is 4.31 Å². The van der Waals surface area contributed by atoms with Gasteiger partial charge in [0.15, 0.2) is 0 Å². The molecule has 2 aromatic carbocycles. The molecule has 0 spiro atoms. The van der Waals surface area contributed by atoms with Gasteiger partial charge in [-0.1, -0.05) is 24.6 Å². The van der Waals surface area contributed by atoms with Gasteiger partial charge in [0, 0.05) is 31.7 Å². The van der Waals surface area contributed by atoms with E-state index >= 15 is 0 Å². The summed E-state index contributed by atoms with van der Waals surface area (Å²) < 4.78 is 41.2. The molecule has 1 aliphatic rings. The van der Waals surface area contributed by atoms with Gasteiger partial charge in [0.2, 0.25) is 10.0 Å². The molecule has 3 rings (SSSR count). The summed E-state index contributed by atoms with van der Waals surface area (Å²) in [6, 6.07) is 10.7. The Kier molecular flexibility index (Phi) is 6.39. The van der Waals surface area contributed by atoms with Crippen LogP contribution >= 0.6 is 0 Å². The Morgan fingerprint density at radius 2 is 1.97 bits per heavy atom. The Morgan fingerprint density at radius 3 is 2.66 bits per heavy atom. The van der Waals surface area contributed by atoms with E-state index in [-0.39, 0.29) is 29.2 Å². The zero-order valence-electron chi connectivity index (χ0n) is 17.1. The number of aryl methyl sites for hydroxylation is 1. The number of amides is 1. The second kappa shape index (κ2) is 8.63. The van der Waals surface area contributed by atoms with Gasteiger partial charge in [-0.15, -0.1) is 0 Å². The Morgan fingerprint density at radius 1 is 1.21 bits per heavy atom. The van der Waals surface area contributed by atoms with E-state index in [1.165, 1.54) is 27.4 Å². The van der Waals surface area contributed by atoms with E-state index in [4.69, 9.17) is 0 Å². The van der Waals surface area contributed by atoms with Crippen LogP contribution in [0.3, 0.4) is 0 Å². The highest BCUT2D eigenvalue weighted by Gasteiger charge is 2.31. The zero-order valence-corrected chi connectivity index (χ0v) is 17.9. The maximum absolute atomic E-state index is 13.4. The Balaban J connectivity index is 1.87. The molecule has 0 saturated carbocycles. The third-order valence-electron chi connectivity index (χ3n) is 5.44. The summed E-state index contributed by atoms with van der Waals surface area (Å²) in [5.74, 6) is -0.654. The summed E-state index contributed by atoms with van der Waals surface area (Å²) in [4.78, 5) is 14.6. The van der Waals surface area contributed by atoms with Gasteiger partial charge in [-0.05, 0) is 62.1 Å². The minimum Gasteiger partial charge on any atom is -0.337 e. The molecule has 0 N–H and O–H groups in total. The van der Waals surface area contributed by atoms with Crippen LogP contribution in [0.2, 0.25) is 0 Å². The molecule has 0 aliphatic carbocycles. The summed E-state index contributed by atoms with van der Waals surface area (Å²) in [5.41, 5.74) is 1.71. The molecule has 7 heteroatoms. The van der Waals surface area contributed by atoms with E-state index in [0.717, 1.165) is 19.3 Å². The number of benzene rings is 2. The molecule has 1 heterocycles. The minimum absolute atomic E-state index is 0.0511. The van der Waals surface area contributed by atoms with Crippen molar-refractivity contribution in [1.29, 1.82) is 0 Å². The molecule has 5 nitrogen and oxygen atoms in total. The van der Waals surface area contributed by atoms with Crippen LogP contribution in [0.25, 0.3) is 0 Å². The summed E-state index contributed by atoms with van der Waals surface area (Å²) in [6.45, 7) is 4.43. The van der Waals surface area contributed by atoms with Crippen molar-refractivity contribution in [3.8, 4) is 0 Å². The number of piperidine rings is 1. The highest BCUT2D eigenvalue weighted by atomic mass is 32.2. The average molecular weight is 419 g/mol. The molecule has 1 aliphatic heterocycles. The molecular weight excluding hydrogens is 391 g/mol. The SMILES string of the molecule is Cc1ccc(S(=O)(=O)N2CCCC[C@H]2C)cc1C(=O)N(C)Cc1cccc(F)c1. The lowest BCUT2D eigenvalue weighted by molar-refractivity contribution is 0.0784. The van der Waals surface area contributed by atoms with E-state index in [9.17, 15) is 17.6 Å². The standard InChI is InChI=1S/C22H27FN2O3S/c1-16-10-11-20(29(27,28)25-12-5-4-7-17(25)2)14-21(16)22(26)24(3)15-18-8-6-9-19(23)13-18/h6,8-11,13-14,17H,4-5,7,12,15H2,1-3H3/t17-/m1/s1. The van der Waals surface area contributed by atoms with E-state index < -0.39 is 10.0 Å². The zero-order chi connectivity index (χ0) is 21.2. The fourth-order valence-corrected chi connectivity index (χ4v) is 5.47. The second-order valence-electron chi connectivity index (χ2n) is 7.73. The normalized spacial score (nSPS) is 17.9. The molecule has 0 radical (unpaired) electrons. The smallest absolute Gasteiger partial charge is 0.254 e. The largest absolute Gasteiger partial charge is 0.337 e. The van der Waals surface area contributed by atoms with Gasteiger partial charge in [-0.25, -0.2) is 12.8 Å². The quantitative estimate of drug-likeness (QED) is 0.738. The molecule has 2 aromatic rings. The number of carbonyl (C=O) groups is 1. The number of carbonyl (C=O) groups excluding carboxylic acids is 1. The number of hydrogen-bond acceptors (Lipinski definition) is 3. The topological polar surface area (TPSA) is 57.7 Å². The van der Waals surface area contributed by atoms with Gasteiger partial charge >= 0.3 is 0 Å². The average Bonchev–Trinajstić information content (AvgIpc) is 2.68. The molecule has 0 aromatic heterocycles. The summed E-state index contributed by atoms with van der Waals surface area (Å²) in [6.07, 6.45) is 2.71. The van der Waals surface area contributed by atoms with E-state index in [1.54, 1.807) is 38.2 Å². The first-order chi connectivity index (χ1) is 13.7. The van der Waals surface area contributed by atoms with Gasteiger partial charge in [0.25, 0.3) is 5.91 Å². The van der Waals surface area contributed by atoms with Crippen LogP contribution in [-0.2, 0) is 16.6 Å². The molecule has 0 bridgehead atoms. The van der Waals surface area contributed by atoms with E-state index in [1.807, 2.05) is 6.92 Å². The number of nitrogens with zero attached hydrogens (tertiary/aromatic N) is 2. The second-order valence-corrected chi connectivity index (χ2v) is 9.62. The third-order valence-corrected chi connectivity index (χ3v) is 7.45. The van der Waals surface area contributed by atoms with Crippen molar-refractivity contribution < 1.29 is 17.6 Å². The van der Waals surface area contributed by atoms with Crippen molar-refractivity contribution in [2.75, 3.05) is 13.6 Å². The fourth-order valence-electron chi connectivity index (χ4n) is 3.74. The molecular formula is C22H27FN2O3S. The van der Waals surface area contributed by atoms with Crippen molar-refractivity contribution in [3.05, 3.63) is 65.0 Å². The molecule has 1 amide bonds. The third kappa shape index (κ3) is 4.67. The van der Waals surface area contributed by atoms with Crippen LogP contribution in [-0.4, -0.2) is 43.2 Å². The number of hydrogen-bond donors (Lipinski definition) is 0. The molecule has 0 unspecified atom stereocenters. The van der Waals surface area contributed by atoms with Crippen LogP contribution in [0.15, 0.2) is 47.4 Å². The van der Waals surface area contributed by atoms with Crippen LogP contribution in [0, 0.1) is 12.7 Å². The highest BCUT2D eigenvalue weighted by Crippen LogP contribution is 2.27. The predicted molar refractivity (Wildman–Crippen MR) is 111 cm³/mol. The molecule has 1 atom stereocenters. The van der Waals surface area contributed by atoms with Crippen molar-refractivity contribution in [2.24, 2.45) is 0 Å². The molecule has 156 valence electrons. The van der Waals surface area contributed by atoms with Crippen molar-refractivity contribution in [2.45, 2.75) is 50.6 Å². The van der Waals surface area contributed by atoms with Crippen molar-refractivity contribution >= 4 is 15.9 Å². The Labute approximate surface area is 172 Å². The van der Waals surface area contributed by atoms with Crippen LogP contribution in [0.5, 0.6) is 0 Å². The Hall–Kier alpha value is -2.25. The van der Waals surface area contributed by atoms with Gasteiger partial charge in [-0.3, -0.25) is 4.79 Å². The number of halogens is 1. The minimum atomic E-state index is -3.66. The fraction of sp³-hybridized carbons (Fsp3) is 0.409. The maximum Gasteiger partial charge on any atom is 0.254 e.